The van der Waals surface area contributed by atoms with Gasteiger partial charge in [0, 0.05) is 36.0 Å². The molecule has 8 unspecified atom stereocenters. The van der Waals surface area contributed by atoms with Crippen molar-refractivity contribution in [2.24, 2.45) is 34.7 Å². The van der Waals surface area contributed by atoms with Crippen LogP contribution >= 0.6 is 46.0 Å². The second kappa shape index (κ2) is 18.4. The molecular formula is C38H56I2N4O5. The van der Waals surface area contributed by atoms with E-state index in [1.807, 2.05) is 72.6 Å². The van der Waals surface area contributed by atoms with Crippen LogP contribution in [0.5, 0.6) is 0 Å². The normalized spacial score (nSPS) is 28.7. The zero-order valence-electron chi connectivity index (χ0n) is 30.0. The van der Waals surface area contributed by atoms with Crippen LogP contribution in [0.3, 0.4) is 0 Å². The summed E-state index contributed by atoms with van der Waals surface area (Å²) in [5.41, 5.74) is 2.32. The molecule has 1 aliphatic carbocycles. The van der Waals surface area contributed by atoms with Crippen LogP contribution in [0, 0.1) is 29.6 Å². The molecule has 3 heterocycles. The lowest BCUT2D eigenvalue weighted by atomic mass is 9.76. The molecule has 1 aromatic carbocycles. The number of halogens is 2. The molecule has 11 heteroatoms. The van der Waals surface area contributed by atoms with Crippen LogP contribution in [0.1, 0.15) is 123 Å². The maximum absolute atomic E-state index is 14.9. The highest BCUT2D eigenvalue weighted by Crippen LogP contribution is 2.44. The largest absolute Gasteiger partial charge is 0.395 e. The van der Waals surface area contributed by atoms with Crippen LogP contribution in [0.25, 0.3) is 11.0 Å². The molecule has 3 fully saturated rings. The van der Waals surface area contributed by atoms with E-state index >= 15 is 0 Å². The van der Waals surface area contributed by atoms with Crippen molar-refractivity contribution in [3.05, 3.63) is 40.3 Å². The fraction of sp³-hybridized carbons (Fsp3) is 0.737. The third-order valence-corrected chi connectivity index (χ3v) is 12.3. The van der Waals surface area contributed by atoms with Crippen LogP contribution in [-0.2, 0) is 15.8 Å². The van der Waals surface area contributed by atoms with Gasteiger partial charge in [-0.25, -0.2) is 4.98 Å². The molecule has 0 amide bonds. The van der Waals surface area contributed by atoms with Crippen molar-refractivity contribution >= 4 is 68.7 Å². The molecule has 1 saturated carbocycles. The smallest absolute Gasteiger partial charge is 0.318 e. The van der Waals surface area contributed by atoms with Gasteiger partial charge in [-0.15, -0.1) is 0 Å². The maximum Gasteiger partial charge on any atom is 0.318 e. The van der Waals surface area contributed by atoms with Crippen molar-refractivity contribution < 1.29 is 15.8 Å². The van der Waals surface area contributed by atoms with Crippen molar-refractivity contribution in [3.63, 3.8) is 0 Å². The van der Waals surface area contributed by atoms with Gasteiger partial charge in [0.2, 0.25) is 0 Å². The average Bonchev–Trinajstić information content (AvgIpc) is 3.07. The lowest BCUT2D eigenvalue weighted by Crippen LogP contribution is -2.58. The Hall–Kier alpha value is -1.32. The summed E-state index contributed by atoms with van der Waals surface area (Å²) >= 11 is 3.52. The molecule has 9 nitrogen and oxygen atoms in total. The molecule has 3 aliphatic rings. The summed E-state index contributed by atoms with van der Waals surface area (Å²) in [6.45, 7) is 11.6. The molecule has 2 aromatic rings. The zero-order chi connectivity index (χ0) is 35.1. The summed E-state index contributed by atoms with van der Waals surface area (Å²) in [6, 6.07) is 9.67. The third kappa shape index (κ3) is 9.57. The Kier molecular flexibility index (Phi) is 14.6. The molecule has 1 aromatic heterocycles. The summed E-state index contributed by atoms with van der Waals surface area (Å²) in [6.07, 6.45) is 14.0. The van der Waals surface area contributed by atoms with Crippen molar-refractivity contribution in [1.82, 2.24) is 14.5 Å². The van der Waals surface area contributed by atoms with E-state index < -0.39 is 0 Å². The second-order valence-corrected chi connectivity index (χ2v) is 16.5. The molecule has 0 radical (unpaired) electrons. The Morgan fingerprint density at radius 1 is 0.939 bits per heavy atom. The van der Waals surface area contributed by atoms with Gasteiger partial charge >= 0.3 is 5.97 Å². The number of carbonyl (C=O) groups is 1. The Morgan fingerprint density at radius 2 is 1.65 bits per heavy atom. The molecular weight excluding hydrogens is 846 g/mol. The summed E-state index contributed by atoms with van der Waals surface area (Å²) in [4.78, 5) is 41.1. The molecule has 0 spiro atoms. The molecule has 5 rings (SSSR count). The van der Waals surface area contributed by atoms with Gasteiger partial charge in [0.15, 0.2) is 28.7 Å². The van der Waals surface area contributed by atoms with Crippen LogP contribution in [0.15, 0.2) is 34.2 Å². The van der Waals surface area contributed by atoms with Crippen molar-refractivity contribution in [3.8, 4) is 0 Å². The van der Waals surface area contributed by atoms with E-state index in [0.717, 1.165) is 35.7 Å². The summed E-state index contributed by atoms with van der Waals surface area (Å²) in [5, 5.41) is 4.60. The molecule has 0 N–H and O–H groups in total. The molecule has 8 atom stereocenters. The number of benzene rings is 1. The topological polar surface area (TPSA) is 95.2 Å². The average molecular weight is 903 g/mol. The zero-order valence-corrected chi connectivity index (χ0v) is 34.3. The number of aromatic nitrogens is 2. The summed E-state index contributed by atoms with van der Waals surface area (Å²) in [7, 11) is 0. The van der Waals surface area contributed by atoms with Crippen LogP contribution in [0.4, 0.5) is 0 Å². The highest BCUT2D eigenvalue weighted by Gasteiger charge is 2.44. The van der Waals surface area contributed by atoms with Crippen molar-refractivity contribution in [2.45, 2.75) is 136 Å². The number of oxime groups is 1. The fourth-order valence-corrected chi connectivity index (χ4v) is 10.0. The molecule has 2 bridgehead atoms. The summed E-state index contributed by atoms with van der Waals surface area (Å²) < 4.78 is 12.3. The quantitative estimate of drug-likeness (QED) is 0.112. The molecule has 2 aliphatic heterocycles. The van der Waals surface area contributed by atoms with Gasteiger partial charge in [0.1, 0.15) is 35.3 Å². The van der Waals surface area contributed by atoms with Crippen molar-refractivity contribution in [1.29, 1.82) is 0 Å². The number of carbonyl (C=O) groups excluding carboxylic acids is 1. The predicted octanol–water partition coefficient (Wildman–Crippen LogP) is 9.23. The highest BCUT2D eigenvalue weighted by molar-refractivity contribution is 14.1. The maximum atomic E-state index is 14.9. The Bertz CT molecular complexity index is 1470. The Morgan fingerprint density at radius 3 is 2.35 bits per heavy atom. The number of para-hydroxylation sites is 2. The van der Waals surface area contributed by atoms with E-state index in [1.54, 1.807) is 23.0 Å². The van der Waals surface area contributed by atoms with E-state index in [4.69, 9.17) is 16.0 Å². The van der Waals surface area contributed by atoms with Gasteiger partial charge in [-0.05, 0) is 68.9 Å². The first-order chi connectivity index (χ1) is 23.6. The van der Waals surface area contributed by atoms with Gasteiger partial charge in [-0.1, -0.05) is 84.0 Å². The van der Waals surface area contributed by atoms with Gasteiger partial charge in [0.25, 0.3) is 5.56 Å². The first-order valence-corrected chi connectivity index (χ1v) is 20.5. The molecule has 272 valence electrons. The van der Waals surface area contributed by atoms with Crippen LogP contribution < -0.4 is 5.56 Å². The molecule has 2 saturated heterocycles. The van der Waals surface area contributed by atoms with E-state index in [0.29, 0.717) is 49.2 Å². The lowest BCUT2D eigenvalue weighted by Gasteiger charge is -2.54. The predicted molar refractivity (Wildman–Crippen MR) is 212 cm³/mol. The van der Waals surface area contributed by atoms with Gasteiger partial charge in [-0.3, -0.25) is 14.5 Å². The highest BCUT2D eigenvalue weighted by atomic mass is 127. The van der Waals surface area contributed by atoms with E-state index in [9.17, 15) is 9.59 Å². The number of hydrogen-bond acceptors (Lipinski definition) is 8. The van der Waals surface area contributed by atoms with Crippen LogP contribution in [-0.4, -0.2) is 57.5 Å². The first kappa shape index (κ1) is 38.9. The third-order valence-electron chi connectivity index (χ3n) is 11.5. The van der Waals surface area contributed by atoms with E-state index in [-0.39, 0.29) is 35.3 Å². The monoisotopic (exact) mass is 902 g/mol. The SMILES string of the molecule is CCC1CCCC(C)CC(N2C3CCCC2CC(n2c(=O)c(/C(=N/OCC(C)COI)C(C)CC(C)C(=O)OI)nc4ccccc42)C3)C1. The number of fused-ring (bicyclic) bond motifs is 3. The number of nitrogens with zero attached hydrogens (tertiary/aromatic N) is 4. The minimum atomic E-state index is -0.377. The number of rotatable bonds is 13. The van der Waals surface area contributed by atoms with Gasteiger partial charge < -0.3 is 15.5 Å². The minimum Gasteiger partial charge on any atom is -0.395 e. The number of hydrogen-bond donors (Lipinski definition) is 0. The Labute approximate surface area is 321 Å². The van der Waals surface area contributed by atoms with Gasteiger partial charge in [0.05, 0.1) is 23.6 Å². The first-order valence-electron chi connectivity index (χ1n) is 18.7. The van der Waals surface area contributed by atoms with Crippen molar-refractivity contribution in [2.75, 3.05) is 13.2 Å². The van der Waals surface area contributed by atoms with Gasteiger partial charge in [-0.2, -0.15) is 0 Å². The van der Waals surface area contributed by atoms with E-state index in [1.165, 1.54) is 57.8 Å². The second-order valence-electron chi connectivity index (χ2n) is 15.5. The Balaban J connectivity index is 1.52. The number of piperidine rings is 2. The van der Waals surface area contributed by atoms with E-state index in [2.05, 4.69) is 23.9 Å². The molecule has 49 heavy (non-hydrogen) atoms. The fourth-order valence-electron chi connectivity index (χ4n) is 9.00. The minimum absolute atomic E-state index is 0.0740. The van der Waals surface area contributed by atoms with Crippen LogP contribution in [0.2, 0.25) is 0 Å². The lowest BCUT2D eigenvalue weighted by molar-refractivity contribution is -0.135. The standard InChI is InChI=1S/C38H56I2N4O5/c1-6-28-12-9-11-24(2)17-31(19-28)43-29-13-10-14-30(43)21-32(20-29)44-34-16-8-7-15-33(34)41-36(37(44)45)35(42-48-23-25(3)22-47-39)26(4)18-27(5)38(46)49-40/h7-8,15-16,24-32H,6,9-14,17-23H2,1-5H3/b42-35+. The summed E-state index contributed by atoms with van der Waals surface area (Å²) in [5.74, 6) is 0.737.